The fraction of sp³-hybridized carbons (Fsp3) is 0.182. The highest BCUT2D eigenvalue weighted by Crippen LogP contribution is 2.23. The monoisotopic (exact) mass is 330 g/mol. The standard InChI is InChI=1S/C22H22N2O/c1-22(2,3)13-11-16-7-9-17(10-8-16)21(25)24-20-6-4-5-18-15-23-14-12-19(18)20/h4-15H,1-3H3,(H,24,25)/b13-11+. The van der Waals surface area contributed by atoms with Gasteiger partial charge in [-0.15, -0.1) is 0 Å². The van der Waals surface area contributed by atoms with Gasteiger partial charge >= 0.3 is 0 Å². The molecule has 0 atom stereocenters. The van der Waals surface area contributed by atoms with Gasteiger partial charge in [-0.1, -0.05) is 57.2 Å². The van der Waals surface area contributed by atoms with Crippen LogP contribution in [0.25, 0.3) is 16.8 Å². The van der Waals surface area contributed by atoms with E-state index in [0.717, 1.165) is 22.0 Å². The van der Waals surface area contributed by atoms with Crippen LogP contribution in [0.4, 0.5) is 5.69 Å². The van der Waals surface area contributed by atoms with Crippen LogP contribution >= 0.6 is 0 Å². The molecule has 3 nitrogen and oxygen atoms in total. The van der Waals surface area contributed by atoms with Crippen LogP contribution in [0.2, 0.25) is 0 Å². The highest BCUT2D eigenvalue weighted by Gasteiger charge is 2.08. The zero-order chi connectivity index (χ0) is 17.9. The van der Waals surface area contributed by atoms with Gasteiger partial charge in [0.15, 0.2) is 0 Å². The van der Waals surface area contributed by atoms with Gasteiger partial charge in [-0.05, 0) is 35.2 Å². The predicted molar refractivity (Wildman–Crippen MR) is 105 cm³/mol. The molecular weight excluding hydrogens is 308 g/mol. The van der Waals surface area contributed by atoms with Crippen LogP contribution in [0.15, 0.2) is 67.0 Å². The molecule has 0 aliphatic heterocycles. The number of aromatic nitrogens is 1. The van der Waals surface area contributed by atoms with Gasteiger partial charge in [0, 0.05) is 34.4 Å². The van der Waals surface area contributed by atoms with Crippen molar-refractivity contribution < 1.29 is 4.79 Å². The molecule has 3 rings (SSSR count). The van der Waals surface area contributed by atoms with Gasteiger partial charge in [0.25, 0.3) is 5.91 Å². The fourth-order valence-electron chi connectivity index (χ4n) is 2.52. The van der Waals surface area contributed by atoms with Gasteiger partial charge in [-0.25, -0.2) is 0 Å². The lowest BCUT2D eigenvalue weighted by molar-refractivity contribution is 0.102. The molecule has 25 heavy (non-hydrogen) atoms. The van der Waals surface area contributed by atoms with Gasteiger partial charge in [0.1, 0.15) is 0 Å². The topological polar surface area (TPSA) is 42.0 Å². The second-order valence-electron chi connectivity index (χ2n) is 7.18. The number of hydrogen-bond acceptors (Lipinski definition) is 2. The second-order valence-corrected chi connectivity index (χ2v) is 7.18. The number of nitrogens with one attached hydrogen (secondary N) is 1. The molecule has 2 aromatic carbocycles. The molecule has 0 unspecified atom stereocenters. The van der Waals surface area contributed by atoms with E-state index in [9.17, 15) is 4.79 Å². The quantitative estimate of drug-likeness (QED) is 0.684. The molecule has 0 aliphatic rings. The summed E-state index contributed by atoms with van der Waals surface area (Å²) in [4.78, 5) is 16.7. The molecule has 0 saturated heterocycles. The highest BCUT2D eigenvalue weighted by molar-refractivity contribution is 6.09. The van der Waals surface area contributed by atoms with E-state index < -0.39 is 0 Å². The number of nitrogens with zero attached hydrogens (tertiary/aromatic N) is 1. The Morgan fingerprint density at radius 3 is 2.52 bits per heavy atom. The first-order chi connectivity index (χ1) is 11.9. The Morgan fingerprint density at radius 1 is 1.04 bits per heavy atom. The smallest absolute Gasteiger partial charge is 0.255 e. The van der Waals surface area contributed by atoms with E-state index in [-0.39, 0.29) is 11.3 Å². The Bertz CT molecular complexity index is 913. The van der Waals surface area contributed by atoms with Crippen molar-refractivity contribution in [2.24, 2.45) is 5.41 Å². The van der Waals surface area contributed by atoms with Crippen LogP contribution in [-0.2, 0) is 0 Å². The van der Waals surface area contributed by atoms with Crippen molar-refractivity contribution >= 4 is 28.4 Å². The normalized spacial score (nSPS) is 11.8. The third kappa shape index (κ3) is 4.32. The van der Waals surface area contributed by atoms with Crippen molar-refractivity contribution in [3.63, 3.8) is 0 Å². The molecule has 1 aromatic heterocycles. The maximum atomic E-state index is 12.5. The van der Waals surface area contributed by atoms with Crippen LogP contribution in [0.5, 0.6) is 0 Å². The SMILES string of the molecule is CC(C)(C)/C=C/c1ccc(C(=O)Nc2cccc3cnccc23)cc1. The summed E-state index contributed by atoms with van der Waals surface area (Å²) in [5.74, 6) is -0.115. The maximum absolute atomic E-state index is 12.5. The Labute approximate surface area is 148 Å². The number of pyridine rings is 1. The van der Waals surface area contributed by atoms with Crippen molar-refractivity contribution in [1.29, 1.82) is 0 Å². The van der Waals surface area contributed by atoms with Crippen LogP contribution in [0, 0.1) is 5.41 Å². The Kier molecular flexibility index (Phi) is 4.66. The van der Waals surface area contributed by atoms with E-state index in [1.165, 1.54) is 0 Å². The predicted octanol–water partition coefficient (Wildman–Crippen LogP) is 5.55. The maximum Gasteiger partial charge on any atom is 0.255 e. The Balaban J connectivity index is 1.78. The molecule has 1 heterocycles. The minimum atomic E-state index is -0.115. The number of allylic oxidation sites excluding steroid dienone is 1. The first kappa shape index (κ1) is 16.9. The number of benzene rings is 2. The molecule has 0 radical (unpaired) electrons. The number of anilines is 1. The largest absolute Gasteiger partial charge is 0.321 e. The van der Waals surface area contributed by atoms with Gasteiger partial charge in [-0.3, -0.25) is 9.78 Å². The Hall–Kier alpha value is -2.94. The first-order valence-electron chi connectivity index (χ1n) is 8.36. The van der Waals surface area contributed by atoms with Gasteiger partial charge in [0.2, 0.25) is 0 Å². The summed E-state index contributed by atoms with van der Waals surface area (Å²) < 4.78 is 0. The van der Waals surface area contributed by atoms with E-state index in [4.69, 9.17) is 0 Å². The minimum absolute atomic E-state index is 0.115. The average molecular weight is 330 g/mol. The average Bonchev–Trinajstić information content (AvgIpc) is 2.60. The molecule has 126 valence electrons. The van der Waals surface area contributed by atoms with E-state index in [1.807, 2.05) is 48.5 Å². The van der Waals surface area contributed by atoms with E-state index >= 15 is 0 Å². The second kappa shape index (κ2) is 6.89. The van der Waals surface area contributed by atoms with Crippen molar-refractivity contribution in [1.82, 2.24) is 4.98 Å². The number of hydrogen-bond donors (Lipinski definition) is 1. The van der Waals surface area contributed by atoms with Gasteiger partial charge in [-0.2, -0.15) is 0 Å². The third-order valence-electron chi connectivity index (χ3n) is 3.88. The molecule has 0 fully saturated rings. The Morgan fingerprint density at radius 2 is 1.80 bits per heavy atom. The minimum Gasteiger partial charge on any atom is -0.321 e. The van der Waals surface area contributed by atoms with Crippen molar-refractivity contribution in [2.75, 3.05) is 5.32 Å². The third-order valence-corrected chi connectivity index (χ3v) is 3.88. The lowest BCUT2D eigenvalue weighted by Gasteiger charge is -2.11. The number of carbonyl (C=O) groups is 1. The number of rotatable bonds is 3. The van der Waals surface area contributed by atoms with Crippen LogP contribution in [0.1, 0.15) is 36.7 Å². The summed E-state index contributed by atoms with van der Waals surface area (Å²) in [5.41, 5.74) is 2.66. The van der Waals surface area contributed by atoms with Crippen molar-refractivity contribution in [3.05, 3.63) is 78.1 Å². The van der Waals surface area contributed by atoms with Gasteiger partial charge in [0.05, 0.1) is 0 Å². The molecule has 0 aliphatic carbocycles. The van der Waals surface area contributed by atoms with Crippen LogP contribution < -0.4 is 5.32 Å². The molecular formula is C22H22N2O. The zero-order valence-corrected chi connectivity index (χ0v) is 14.8. The molecule has 0 saturated carbocycles. The van der Waals surface area contributed by atoms with E-state index in [2.05, 4.69) is 43.2 Å². The lowest BCUT2D eigenvalue weighted by atomic mass is 9.95. The summed E-state index contributed by atoms with van der Waals surface area (Å²) in [6.07, 6.45) is 7.77. The first-order valence-corrected chi connectivity index (χ1v) is 8.36. The zero-order valence-electron chi connectivity index (χ0n) is 14.8. The van der Waals surface area contributed by atoms with E-state index in [1.54, 1.807) is 12.4 Å². The molecule has 0 bridgehead atoms. The summed E-state index contributed by atoms with van der Waals surface area (Å²) in [6.45, 7) is 6.47. The number of carbonyl (C=O) groups excluding carboxylic acids is 1. The molecule has 1 N–H and O–H groups in total. The van der Waals surface area contributed by atoms with E-state index in [0.29, 0.717) is 5.56 Å². The number of amides is 1. The molecule has 3 aromatic rings. The lowest BCUT2D eigenvalue weighted by Crippen LogP contribution is -2.12. The van der Waals surface area contributed by atoms with Gasteiger partial charge < -0.3 is 5.32 Å². The van der Waals surface area contributed by atoms with Crippen LogP contribution in [-0.4, -0.2) is 10.9 Å². The summed E-state index contributed by atoms with van der Waals surface area (Å²) in [5, 5.41) is 4.98. The fourth-order valence-corrected chi connectivity index (χ4v) is 2.52. The highest BCUT2D eigenvalue weighted by atomic mass is 16.1. The summed E-state index contributed by atoms with van der Waals surface area (Å²) in [6, 6.07) is 15.3. The van der Waals surface area contributed by atoms with Crippen molar-refractivity contribution in [2.45, 2.75) is 20.8 Å². The number of fused-ring (bicyclic) bond motifs is 1. The molecule has 3 heteroatoms. The van der Waals surface area contributed by atoms with Crippen LogP contribution in [0.3, 0.4) is 0 Å². The summed E-state index contributed by atoms with van der Waals surface area (Å²) in [7, 11) is 0. The molecule has 0 spiro atoms. The summed E-state index contributed by atoms with van der Waals surface area (Å²) >= 11 is 0. The molecule has 1 amide bonds. The van der Waals surface area contributed by atoms with Crippen molar-refractivity contribution in [3.8, 4) is 0 Å².